The highest BCUT2D eigenvalue weighted by atomic mass is 32.1. The van der Waals surface area contributed by atoms with Gasteiger partial charge in [0.2, 0.25) is 5.43 Å². The van der Waals surface area contributed by atoms with Gasteiger partial charge in [0.1, 0.15) is 16.6 Å². The standard InChI is InChI=1S/C22H21F2N3O4S/c1-11(2)26-8-14(10-28)27-9-16(19(29)20(30)18(27)22(26)31)21-25-7-15(32-21)5-12-3-4-13(23)6-17(12)24/h3-4,6-7,9,11,14,28,30H,5,8,10H2,1-2H3. The Morgan fingerprint density at radius 2 is 2.03 bits per heavy atom. The number of nitrogens with zero attached hydrogens (tertiary/aromatic N) is 3. The number of aromatic hydroxyl groups is 1. The van der Waals surface area contributed by atoms with Crippen molar-refractivity contribution in [1.82, 2.24) is 14.5 Å². The molecule has 1 amide bonds. The van der Waals surface area contributed by atoms with Gasteiger partial charge in [0.05, 0.1) is 18.2 Å². The first-order valence-electron chi connectivity index (χ1n) is 10.00. The Bertz CT molecular complexity index is 1250. The van der Waals surface area contributed by atoms with E-state index in [4.69, 9.17) is 0 Å². The van der Waals surface area contributed by atoms with E-state index in [1.807, 2.05) is 13.8 Å². The Hall–Kier alpha value is -3.11. The lowest BCUT2D eigenvalue weighted by Crippen LogP contribution is -2.48. The summed E-state index contributed by atoms with van der Waals surface area (Å²) >= 11 is 1.13. The van der Waals surface area contributed by atoms with Gasteiger partial charge in [0, 0.05) is 42.3 Å². The van der Waals surface area contributed by atoms with E-state index in [-0.39, 0.29) is 47.4 Å². The molecule has 0 fully saturated rings. The fraction of sp³-hybridized carbons (Fsp3) is 0.318. The van der Waals surface area contributed by atoms with Crippen LogP contribution < -0.4 is 5.43 Å². The molecule has 1 unspecified atom stereocenters. The van der Waals surface area contributed by atoms with E-state index in [1.54, 1.807) is 0 Å². The van der Waals surface area contributed by atoms with Crippen molar-refractivity contribution < 1.29 is 23.8 Å². The van der Waals surface area contributed by atoms with E-state index >= 15 is 0 Å². The quantitative estimate of drug-likeness (QED) is 0.609. The number of amides is 1. The summed E-state index contributed by atoms with van der Waals surface area (Å²) < 4.78 is 28.5. The van der Waals surface area contributed by atoms with Crippen molar-refractivity contribution >= 4 is 17.2 Å². The van der Waals surface area contributed by atoms with Crippen LogP contribution in [0.15, 0.2) is 35.4 Å². The number of benzene rings is 1. The summed E-state index contributed by atoms with van der Waals surface area (Å²) in [6, 6.07) is 2.61. The molecule has 0 spiro atoms. The van der Waals surface area contributed by atoms with Crippen LogP contribution in [-0.4, -0.2) is 49.8 Å². The molecule has 168 valence electrons. The topological polar surface area (TPSA) is 95.7 Å². The number of aliphatic hydroxyl groups is 1. The number of hydrogen-bond acceptors (Lipinski definition) is 6. The SMILES string of the molecule is CC(C)N1CC(CO)n2cc(-c3ncc(Cc4ccc(F)cc4F)s3)c(=O)c(O)c2C1=O. The predicted molar refractivity (Wildman–Crippen MR) is 115 cm³/mol. The van der Waals surface area contributed by atoms with Crippen LogP contribution in [0.4, 0.5) is 8.78 Å². The molecule has 4 rings (SSSR count). The summed E-state index contributed by atoms with van der Waals surface area (Å²) in [4.78, 5) is 32.1. The molecule has 0 saturated heterocycles. The molecular formula is C22H21F2N3O4S. The minimum atomic E-state index is -0.749. The molecule has 0 saturated carbocycles. The number of halogens is 2. The molecule has 10 heteroatoms. The van der Waals surface area contributed by atoms with Crippen LogP contribution in [0.25, 0.3) is 10.6 Å². The monoisotopic (exact) mass is 461 g/mol. The molecule has 0 bridgehead atoms. The van der Waals surface area contributed by atoms with Gasteiger partial charge < -0.3 is 19.7 Å². The molecule has 2 N–H and O–H groups in total. The van der Waals surface area contributed by atoms with Gasteiger partial charge in [-0.2, -0.15) is 0 Å². The maximum absolute atomic E-state index is 14.0. The second kappa shape index (κ2) is 8.44. The summed E-state index contributed by atoms with van der Waals surface area (Å²) in [6.45, 7) is 3.56. The molecule has 3 heterocycles. The van der Waals surface area contributed by atoms with Crippen molar-refractivity contribution in [2.24, 2.45) is 0 Å². The van der Waals surface area contributed by atoms with Gasteiger partial charge in [0.15, 0.2) is 11.4 Å². The lowest BCUT2D eigenvalue weighted by Gasteiger charge is -2.37. The van der Waals surface area contributed by atoms with Crippen molar-refractivity contribution in [3.05, 3.63) is 68.6 Å². The molecule has 3 aromatic rings. The third-order valence-corrected chi connectivity index (χ3v) is 6.50. The number of hydrogen-bond donors (Lipinski definition) is 2. The summed E-state index contributed by atoms with van der Waals surface area (Å²) in [5.41, 5.74) is -0.554. The van der Waals surface area contributed by atoms with Crippen LogP contribution >= 0.6 is 11.3 Å². The number of rotatable bonds is 5. The van der Waals surface area contributed by atoms with Crippen molar-refractivity contribution in [3.63, 3.8) is 0 Å². The van der Waals surface area contributed by atoms with E-state index in [0.717, 1.165) is 17.4 Å². The summed E-state index contributed by atoms with van der Waals surface area (Å²) in [5, 5.41) is 20.8. The van der Waals surface area contributed by atoms with Crippen LogP contribution in [0.5, 0.6) is 5.75 Å². The number of fused-ring (bicyclic) bond motifs is 1. The number of pyridine rings is 1. The third kappa shape index (κ3) is 3.80. The highest BCUT2D eigenvalue weighted by Crippen LogP contribution is 2.32. The van der Waals surface area contributed by atoms with Crippen molar-refractivity contribution in [1.29, 1.82) is 0 Å². The molecule has 1 aliphatic rings. The van der Waals surface area contributed by atoms with Gasteiger partial charge in [-0.3, -0.25) is 9.59 Å². The van der Waals surface area contributed by atoms with Gasteiger partial charge in [-0.15, -0.1) is 11.3 Å². The Labute approximate surface area is 186 Å². The zero-order valence-corrected chi connectivity index (χ0v) is 18.2. The molecule has 1 atom stereocenters. The third-order valence-electron chi connectivity index (χ3n) is 5.47. The normalized spacial score (nSPS) is 16.0. The smallest absolute Gasteiger partial charge is 0.274 e. The highest BCUT2D eigenvalue weighted by molar-refractivity contribution is 7.15. The first kappa shape index (κ1) is 22.1. The Kier molecular flexibility index (Phi) is 5.83. The lowest BCUT2D eigenvalue weighted by molar-refractivity contribution is 0.0550. The van der Waals surface area contributed by atoms with E-state index in [2.05, 4.69) is 4.98 Å². The lowest BCUT2D eigenvalue weighted by atomic mass is 10.1. The van der Waals surface area contributed by atoms with Crippen LogP contribution in [0.3, 0.4) is 0 Å². The predicted octanol–water partition coefficient (Wildman–Crippen LogP) is 2.94. The molecule has 2 aromatic heterocycles. The Morgan fingerprint density at radius 3 is 2.69 bits per heavy atom. The summed E-state index contributed by atoms with van der Waals surface area (Å²) in [7, 11) is 0. The Morgan fingerprint density at radius 1 is 1.28 bits per heavy atom. The molecule has 0 radical (unpaired) electrons. The van der Waals surface area contributed by atoms with Gasteiger partial charge in [-0.05, 0) is 25.5 Å². The van der Waals surface area contributed by atoms with E-state index in [9.17, 15) is 28.6 Å². The van der Waals surface area contributed by atoms with E-state index in [1.165, 1.54) is 34.0 Å². The first-order chi connectivity index (χ1) is 15.2. The first-order valence-corrected chi connectivity index (χ1v) is 10.8. The van der Waals surface area contributed by atoms with E-state index < -0.39 is 34.8 Å². The maximum atomic E-state index is 14.0. The second-order valence-electron chi connectivity index (χ2n) is 7.91. The maximum Gasteiger partial charge on any atom is 0.274 e. The largest absolute Gasteiger partial charge is 0.503 e. The van der Waals surface area contributed by atoms with E-state index in [0.29, 0.717) is 4.88 Å². The van der Waals surface area contributed by atoms with Crippen LogP contribution in [0.2, 0.25) is 0 Å². The van der Waals surface area contributed by atoms with Gasteiger partial charge in [0.25, 0.3) is 5.91 Å². The van der Waals surface area contributed by atoms with Crippen molar-refractivity contribution in [2.45, 2.75) is 32.4 Å². The summed E-state index contributed by atoms with van der Waals surface area (Å²) in [6.07, 6.45) is 3.07. The van der Waals surface area contributed by atoms with Gasteiger partial charge >= 0.3 is 0 Å². The fourth-order valence-corrected chi connectivity index (χ4v) is 4.71. The summed E-state index contributed by atoms with van der Waals surface area (Å²) in [5.74, 6) is -2.53. The number of aliphatic hydroxyl groups excluding tert-OH is 1. The van der Waals surface area contributed by atoms with Gasteiger partial charge in [-0.1, -0.05) is 6.07 Å². The second-order valence-corrected chi connectivity index (χ2v) is 9.02. The van der Waals surface area contributed by atoms with Crippen LogP contribution in [0, 0.1) is 11.6 Å². The average molecular weight is 461 g/mol. The molecule has 1 aliphatic heterocycles. The number of thiazole rings is 1. The minimum Gasteiger partial charge on any atom is -0.503 e. The van der Waals surface area contributed by atoms with Crippen LogP contribution in [-0.2, 0) is 6.42 Å². The zero-order chi connectivity index (χ0) is 23.2. The molecule has 1 aromatic carbocycles. The zero-order valence-electron chi connectivity index (χ0n) is 17.4. The van der Waals surface area contributed by atoms with Crippen molar-refractivity contribution in [3.8, 4) is 16.3 Å². The molecular weight excluding hydrogens is 440 g/mol. The average Bonchev–Trinajstić information content (AvgIpc) is 3.20. The highest BCUT2D eigenvalue weighted by Gasteiger charge is 2.36. The minimum absolute atomic E-state index is 0.0753. The fourth-order valence-electron chi connectivity index (χ4n) is 3.76. The Balaban J connectivity index is 1.74. The van der Waals surface area contributed by atoms with Gasteiger partial charge in [-0.25, -0.2) is 13.8 Å². The van der Waals surface area contributed by atoms with Crippen molar-refractivity contribution in [2.75, 3.05) is 13.2 Å². The molecule has 32 heavy (non-hydrogen) atoms. The molecule has 7 nitrogen and oxygen atoms in total. The molecule has 0 aliphatic carbocycles. The number of carbonyl (C=O) groups is 1. The number of aromatic nitrogens is 2. The van der Waals surface area contributed by atoms with Crippen LogP contribution in [0.1, 0.15) is 40.8 Å². The number of carbonyl (C=O) groups excluding carboxylic acids is 1.